The minimum absolute atomic E-state index is 0.609. The van der Waals surface area contributed by atoms with E-state index in [-0.39, 0.29) is 0 Å². The van der Waals surface area contributed by atoms with Crippen LogP contribution in [0.2, 0.25) is 10.0 Å². The first kappa shape index (κ1) is 16.1. The van der Waals surface area contributed by atoms with E-state index in [2.05, 4.69) is 10.1 Å². The van der Waals surface area contributed by atoms with Crippen LogP contribution in [0, 0.1) is 0 Å². The van der Waals surface area contributed by atoms with Crippen LogP contribution in [0.1, 0.15) is 12.7 Å². The number of hydrogen-bond acceptors (Lipinski definition) is 4. The molecule has 0 aliphatic heterocycles. The lowest BCUT2D eigenvalue weighted by Crippen LogP contribution is -2.12. The molecule has 0 atom stereocenters. The standard InChI is InChI=1S/C16H13Cl2N3OS/c1-2-19-16-21(20-9-12-4-3-7-22-12)15(10-23-16)13-8-11(17)5-6-14(13)18/h3-10H,2H2,1H3. The molecule has 0 saturated heterocycles. The Morgan fingerprint density at radius 1 is 1.30 bits per heavy atom. The maximum atomic E-state index is 6.32. The Hall–Kier alpha value is -1.82. The normalized spacial score (nSPS) is 12.4. The number of halogens is 2. The zero-order valence-corrected chi connectivity index (χ0v) is 14.6. The molecule has 0 aliphatic carbocycles. The van der Waals surface area contributed by atoms with Crippen LogP contribution in [0.3, 0.4) is 0 Å². The zero-order chi connectivity index (χ0) is 16.2. The van der Waals surface area contributed by atoms with Gasteiger partial charge in [-0.25, -0.2) is 4.68 Å². The van der Waals surface area contributed by atoms with Gasteiger partial charge in [0, 0.05) is 22.5 Å². The lowest BCUT2D eigenvalue weighted by Gasteiger charge is -2.06. The van der Waals surface area contributed by atoms with Gasteiger partial charge in [-0.1, -0.05) is 23.2 Å². The summed E-state index contributed by atoms with van der Waals surface area (Å²) in [6.07, 6.45) is 3.25. The smallest absolute Gasteiger partial charge is 0.206 e. The third-order valence-electron chi connectivity index (χ3n) is 3.03. The summed E-state index contributed by atoms with van der Waals surface area (Å²) in [6.45, 7) is 2.64. The summed E-state index contributed by atoms with van der Waals surface area (Å²) in [5, 5.41) is 7.68. The monoisotopic (exact) mass is 365 g/mol. The lowest BCUT2D eigenvalue weighted by molar-refractivity contribution is 0.559. The van der Waals surface area contributed by atoms with E-state index < -0.39 is 0 Å². The van der Waals surface area contributed by atoms with Gasteiger partial charge in [-0.3, -0.25) is 4.99 Å². The van der Waals surface area contributed by atoms with Gasteiger partial charge in [0.05, 0.1) is 23.2 Å². The minimum Gasteiger partial charge on any atom is -0.463 e. The second-order valence-electron chi connectivity index (χ2n) is 4.57. The SMILES string of the molecule is CCN=c1scc(-c2cc(Cl)ccc2Cl)n1N=Cc1ccco1. The molecule has 7 heteroatoms. The minimum atomic E-state index is 0.609. The van der Waals surface area contributed by atoms with Gasteiger partial charge in [-0.05, 0) is 37.3 Å². The maximum absolute atomic E-state index is 6.32. The van der Waals surface area contributed by atoms with Crippen molar-refractivity contribution in [1.29, 1.82) is 0 Å². The summed E-state index contributed by atoms with van der Waals surface area (Å²) < 4.78 is 7.03. The van der Waals surface area contributed by atoms with Crippen molar-refractivity contribution in [1.82, 2.24) is 4.68 Å². The number of benzene rings is 1. The molecule has 3 rings (SSSR count). The third-order valence-corrected chi connectivity index (χ3v) is 4.45. The van der Waals surface area contributed by atoms with Gasteiger partial charge < -0.3 is 4.42 Å². The van der Waals surface area contributed by atoms with Crippen molar-refractivity contribution in [2.45, 2.75) is 6.92 Å². The van der Waals surface area contributed by atoms with E-state index in [9.17, 15) is 0 Å². The van der Waals surface area contributed by atoms with E-state index >= 15 is 0 Å². The first-order chi connectivity index (χ1) is 11.2. The van der Waals surface area contributed by atoms with Crippen LogP contribution in [0.25, 0.3) is 11.3 Å². The fraction of sp³-hybridized carbons (Fsp3) is 0.125. The van der Waals surface area contributed by atoms with Crippen LogP contribution >= 0.6 is 34.5 Å². The number of aromatic nitrogens is 1. The van der Waals surface area contributed by atoms with Gasteiger partial charge in [-0.15, -0.1) is 11.3 Å². The van der Waals surface area contributed by atoms with E-state index in [1.165, 1.54) is 11.3 Å². The highest BCUT2D eigenvalue weighted by Crippen LogP contribution is 2.30. The fourth-order valence-corrected chi connectivity index (χ4v) is 3.29. The molecule has 1 aromatic carbocycles. The molecule has 0 aliphatic rings. The topological polar surface area (TPSA) is 42.8 Å². The van der Waals surface area contributed by atoms with E-state index in [4.69, 9.17) is 27.6 Å². The molecular formula is C16H13Cl2N3OS. The number of furan rings is 1. The van der Waals surface area contributed by atoms with Gasteiger partial charge in [0.15, 0.2) is 0 Å². The first-order valence-electron chi connectivity index (χ1n) is 6.93. The van der Waals surface area contributed by atoms with Crippen molar-refractivity contribution in [3.8, 4) is 11.3 Å². The predicted molar refractivity (Wildman–Crippen MR) is 95.6 cm³/mol. The van der Waals surface area contributed by atoms with Crippen LogP contribution < -0.4 is 4.80 Å². The molecule has 0 saturated carbocycles. The lowest BCUT2D eigenvalue weighted by atomic mass is 10.2. The van der Waals surface area contributed by atoms with Crippen LogP contribution in [-0.4, -0.2) is 17.4 Å². The summed E-state index contributed by atoms with van der Waals surface area (Å²) in [7, 11) is 0. The molecule has 23 heavy (non-hydrogen) atoms. The van der Waals surface area contributed by atoms with Crippen molar-refractivity contribution in [2.24, 2.45) is 10.1 Å². The molecule has 0 spiro atoms. The Morgan fingerprint density at radius 2 is 2.17 bits per heavy atom. The molecule has 3 aromatic rings. The highest BCUT2D eigenvalue weighted by atomic mass is 35.5. The van der Waals surface area contributed by atoms with E-state index in [1.54, 1.807) is 29.3 Å². The third kappa shape index (κ3) is 3.58. The quantitative estimate of drug-likeness (QED) is 0.605. The van der Waals surface area contributed by atoms with Crippen LogP contribution in [0.5, 0.6) is 0 Å². The largest absolute Gasteiger partial charge is 0.463 e. The van der Waals surface area contributed by atoms with Crippen molar-refractivity contribution in [3.05, 3.63) is 62.6 Å². The molecule has 0 unspecified atom stereocenters. The van der Waals surface area contributed by atoms with E-state index in [1.807, 2.05) is 30.5 Å². The maximum Gasteiger partial charge on any atom is 0.206 e. The summed E-state index contributed by atoms with van der Waals surface area (Å²) in [5.41, 5.74) is 1.64. The fourth-order valence-electron chi connectivity index (χ4n) is 2.01. The zero-order valence-electron chi connectivity index (χ0n) is 12.2. The van der Waals surface area contributed by atoms with Crippen molar-refractivity contribution >= 4 is 40.8 Å². The summed E-state index contributed by atoms with van der Waals surface area (Å²) in [6, 6.07) is 8.99. The molecule has 0 radical (unpaired) electrons. The van der Waals surface area contributed by atoms with Crippen molar-refractivity contribution in [3.63, 3.8) is 0 Å². The van der Waals surface area contributed by atoms with Gasteiger partial charge >= 0.3 is 0 Å². The Balaban J connectivity index is 2.14. The van der Waals surface area contributed by atoms with Crippen LogP contribution in [0.4, 0.5) is 0 Å². The molecule has 0 bridgehead atoms. The summed E-state index contributed by atoms with van der Waals surface area (Å²) in [5.74, 6) is 0.661. The van der Waals surface area contributed by atoms with E-state index in [0.29, 0.717) is 22.4 Å². The number of thiazole rings is 1. The molecule has 0 amide bonds. The molecule has 0 fully saturated rings. The van der Waals surface area contributed by atoms with Gasteiger partial charge in [-0.2, -0.15) is 5.10 Å². The first-order valence-corrected chi connectivity index (χ1v) is 8.57. The Bertz CT molecular complexity index is 894. The summed E-state index contributed by atoms with van der Waals surface area (Å²) in [4.78, 5) is 5.24. The molecule has 2 aromatic heterocycles. The Labute approximate surface area is 147 Å². The number of nitrogens with zero attached hydrogens (tertiary/aromatic N) is 3. The summed E-state index contributed by atoms with van der Waals surface area (Å²) >= 11 is 13.9. The molecule has 2 heterocycles. The van der Waals surface area contributed by atoms with Crippen molar-refractivity contribution in [2.75, 3.05) is 6.54 Å². The second kappa shape index (κ2) is 7.17. The van der Waals surface area contributed by atoms with Crippen LogP contribution in [0.15, 0.2) is 56.5 Å². The van der Waals surface area contributed by atoms with Gasteiger partial charge in [0.2, 0.25) is 4.80 Å². The average Bonchev–Trinajstić information content (AvgIpc) is 3.18. The van der Waals surface area contributed by atoms with Gasteiger partial charge in [0.25, 0.3) is 0 Å². The highest BCUT2D eigenvalue weighted by Gasteiger charge is 2.11. The highest BCUT2D eigenvalue weighted by molar-refractivity contribution is 7.07. The average molecular weight is 366 g/mol. The molecule has 0 N–H and O–H groups in total. The Kier molecular flexibility index (Phi) is 5.00. The van der Waals surface area contributed by atoms with Crippen molar-refractivity contribution < 1.29 is 4.42 Å². The number of rotatable bonds is 4. The predicted octanol–water partition coefficient (Wildman–Crippen LogP) is 4.92. The van der Waals surface area contributed by atoms with Gasteiger partial charge in [0.1, 0.15) is 5.76 Å². The molecular weight excluding hydrogens is 353 g/mol. The molecule has 118 valence electrons. The second-order valence-corrected chi connectivity index (χ2v) is 6.25. The molecule has 4 nitrogen and oxygen atoms in total. The Morgan fingerprint density at radius 3 is 2.91 bits per heavy atom. The van der Waals surface area contributed by atoms with Crippen LogP contribution in [-0.2, 0) is 0 Å². The number of hydrogen-bond donors (Lipinski definition) is 0. The van der Waals surface area contributed by atoms with E-state index in [0.717, 1.165) is 16.1 Å².